The Hall–Kier alpha value is -3.13. The first-order valence-corrected chi connectivity index (χ1v) is 11.5. The standard InChI is InChI=1S/C20H21F4N7O2S/c1-12-6-15(20(22,23)24)28-31(12)10-17(32)27-13-7-14(21)18(25-8-13)30-9-16(26-11-30)19(2)4-3-5-34(33)29-19/h6-9,11,29H,3-5,10H2,1-2H3,(H,27,32)/t19?,34-/m0/s1. The summed E-state index contributed by atoms with van der Waals surface area (Å²) in [6, 6.07) is 1.89. The molecule has 1 saturated heterocycles. The normalized spacial score (nSPS) is 20.9. The highest BCUT2D eigenvalue weighted by Gasteiger charge is 2.35. The van der Waals surface area contributed by atoms with Crippen LogP contribution in [0.25, 0.3) is 5.82 Å². The molecular weight excluding hydrogens is 478 g/mol. The number of nitrogens with one attached hydrogen (secondary N) is 2. The number of anilines is 1. The molecule has 4 heterocycles. The van der Waals surface area contributed by atoms with Crippen LogP contribution < -0.4 is 10.0 Å². The molecule has 14 heteroatoms. The molecule has 0 aliphatic carbocycles. The minimum atomic E-state index is -4.62. The summed E-state index contributed by atoms with van der Waals surface area (Å²) >= 11 is 0. The molecule has 3 aromatic rings. The summed E-state index contributed by atoms with van der Waals surface area (Å²) < 4.78 is 70.3. The molecule has 0 saturated carbocycles. The summed E-state index contributed by atoms with van der Waals surface area (Å²) in [6.45, 7) is 2.78. The summed E-state index contributed by atoms with van der Waals surface area (Å²) in [7, 11) is -1.17. The highest BCUT2D eigenvalue weighted by molar-refractivity contribution is 7.83. The molecule has 2 N–H and O–H groups in total. The number of alkyl halides is 3. The third-order valence-corrected chi connectivity index (χ3v) is 6.75. The minimum absolute atomic E-state index is 0.0312. The summed E-state index contributed by atoms with van der Waals surface area (Å²) in [4.78, 5) is 20.6. The first-order chi connectivity index (χ1) is 15.9. The molecule has 1 amide bonds. The Kier molecular flexibility index (Phi) is 6.29. The minimum Gasteiger partial charge on any atom is -0.323 e. The van der Waals surface area contributed by atoms with Gasteiger partial charge in [0.25, 0.3) is 0 Å². The van der Waals surface area contributed by atoms with Crippen molar-refractivity contribution in [3.05, 3.63) is 53.8 Å². The number of pyridine rings is 1. The van der Waals surface area contributed by atoms with Gasteiger partial charge in [0.15, 0.2) is 17.3 Å². The number of rotatable bonds is 5. The number of nitrogens with zero attached hydrogens (tertiary/aromatic N) is 5. The van der Waals surface area contributed by atoms with Gasteiger partial charge in [-0.3, -0.25) is 14.0 Å². The van der Waals surface area contributed by atoms with Gasteiger partial charge in [-0.05, 0) is 32.8 Å². The van der Waals surface area contributed by atoms with E-state index in [9.17, 15) is 26.6 Å². The molecular formula is C20H21F4N7O2S. The number of imidazole rings is 1. The fourth-order valence-corrected chi connectivity index (χ4v) is 4.87. The monoisotopic (exact) mass is 499 g/mol. The Morgan fingerprint density at radius 2 is 2.09 bits per heavy atom. The van der Waals surface area contributed by atoms with Gasteiger partial charge in [0.05, 0.1) is 34.1 Å². The maximum absolute atomic E-state index is 14.8. The lowest BCUT2D eigenvalue weighted by Gasteiger charge is -2.32. The molecule has 34 heavy (non-hydrogen) atoms. The van der Waals surface area contributed by atoms with Crippen LogP contribution in [-0.4, -0.2) is 40.2 Å². The second kappa shape index (κ2) is 8.91. The van der Waals surface area contributed by atoms with E-state index in [0.29, 0.717) is 11.4 Å². The van der Waals surface area contributed by atoms with Gasteiger partial charge in [-0.2, -0.15) is 18.3 Å². The molecule has 2 atom stereocenters. The van der Waals surface area contributed by atoms with E-state index >= 15 is 0 Å². The predicted octanol–water partition coefficient (Wildman–Crippen LogP) is 2.83. The van der Waals surface area contributed by atoms with Gasteiger partial charge in [-0.1, -0.05) is 0 Å². The number of hydrogen-bond acceptors (Lipinski definition) is 5. The fourth-order valence-electron chi connectivity index (χ4n) is 3.65. The first kappa shape index (κ1) is 24.0. The number of halogens is 4. The van der Waals surface area contributed by atoms with Crippen LogP contribution in [0.3, 0.4) is 0 Å². The molecule has 0 radical (unpaired) electrons. The van der Waals surface area contributed by atoms with Gasteiger partial charge in [-0.15, -0.1) is 0 Å². The maximum Gasteiger partial charge on any atom is 0.435 e. The zero-order valence-corrected chi connectivity index (χ0v) is 19.0. The average molecular weight is 499 g/mol. The van der Waals surface area contributed by atoms with Crippen molar-refractivity contribution >= 4 is 22.6 Å². The summed E-state index contributed by atoms with van der Waals surface area (Å²) in [5.74, 6) is -0.942. The zero-order valence-electron chi connectivity index (χ0n) is 18.2. The van der Waals surface area contributed by atoms with Crippen molar-refractivity contribution in [1.82, 2.24) is 29.0 Å². The molecule has 4 rings (SSSR count). The van der Waals surface area contributed by atoms with Crippen LogP contribution in [0.1, 0.15) is 36.8 Å². The largest absolute Gasteiger partial charge is 0.435 e. The predicted molar refractivity (Wildman–Crippen MR) is 115 cm³/mol. The number of carbonyl (C=O) groups is 1. The lowest BCUT2D eigenvalue weighted by atomic mass is 9.94. The van der Waals surface area contributed by atoms with Crippen molar-refractivity contribution in [3.8, 4) is 5.82 Å². The molecule has 1 aliphatic rings. The average Bonchev–Trinajstić information content (AvgIpc) is 3.36. The van der Waals surface area contributed by atoms with Crippen molar-refractivity contribution in [2.75, 3.05) is 11.1 Å². The van der Waals surface area contributed by atoms with Gasteiger partial charge >= 0.3 is 6.18 Å². The number of carbonyl (C=O) groups excluding carboxylic acids is 1. The first-order valence-electron chi connectivity index (χ1n) is 10.2. The van der Waals surface area contributed by atoms with Crippen LogP contribution in [0.5, 0.6) is 0 Å². The van der Waals surface area contributed by atoms with E-state index < -0.39 is 46.7 Å². The van der Waals surface area contributed by atoms with Crippen LogP contribution in [0.15, 0.2) is 30.9 Å². The zero-order chi connectivity index (χ0) is 24.7. The van der Waals surface area contributed by atoms with E-state index in [4.69, 9.17) is 0 Å². The highest BCUT2D eigenvalue weighted by atomic mass is 32.2. The van der Waals surface area contributed by atoms with Crippen LogP contribution in [0.2, 0.25) is 0 Å². The molecule has 0 spiro atoms. The SMILES string of the molecule is Cc1cc(C(F)(F)F)nn1CC(=O)Nc1cnc(-n2cnc(C3(C)CCC[S@](=O)N3)c2)c(F)c1. The molecule has 1 unspecified atom stereocenters. The Morgan fingerprint density at radius 3 is 2.74 bits per heavy atom. The summed E-state index contributed by atoms with van der Waals surface area (Å²) in [6.07, 6.45) is 1.07. The molecule has 9 nitrogen and oxygen atoms in total. The van der Waals surface area contributed by atoms with Gasteiger partial charge in [0.1, 0.15) is 12.9 Å². The Labute approximate surface area is 194 Å². The van der Waals surface area contributed by atoms with Crippen LogP contribution in [0, 0.1) is 12.7 Å². The van der Waals surface area contributed by atoms with E-state index in [-0.39, 0.29) is 17.2 Å². The Bertz CT molecular complexity index is 1260. The maximum atomic E-state index is 14.8. The van der Waals surface area contributed by atoms with Gasteiger partial charge in [0.2, 0.25) is 5.91 Å². The third kappa shape index (κ3) is 5.01. The number of aryl methyl sites for hydroxylation is 1. The fraction of sp³-hybridized carbons (Fsp3) is 0.400. The van der Waals surface area contributed by atoms with E-state index in [2.05, 4.69) is 25.1 Å². The summed E-state index contributed by atoms with van der Waals surface area (Å²) in [5.41, 5.74) is -0.938. The number of aromatic nitrogens is 5. The molecule has 1 aliphatic heterocycles. The van der Waals surface area contributed by atoms with Crippen LogP contribution >= 0.6 is 0 Å². The topological polar surface area (TPSA) is 107 Å². The van der Waals surface area contributed by atoms with Crippen molar-refractivity contribution < 1.29 is 26.6 Å². The van der Waals surface area contributed by atoms with Gasteiger partial charge < -0.3 is 5.32 Å². The van der Waals surface area contributed by atoms with E-state index in [1.807, 2.05) is 6.92 Å². The summed E-state index contributed by atoms with van der Waals surface area (Å²) in [5, 5.41) is 5.79. The van der Waals surface area contributed by atoms with E-state index in [1.165, 1.54) is 24.0 Å². The molecule has 0 aromatic carbocycles. The lowest BCUT2D eigenvalue weighted by molar-refractivity contribution is -0.141. The van der Waals surface area contributed by atoms with E-state index in [0.717, 1.165) is 29.7 Å². The van der Waals surface area contributed by atoms with Crippen molar-refractivity contribution in [1.29, 1.82) is 0 Å². The van der Waals surface area contributed by atoms with Crippen molar-refractivity contribution in [2.24, 2.45) is 0 Å². The highest BCUT2D eigenvalue weighted by Crippen LogP contribution is 2.30. The molecule has 3 aromatic heterocycles. The number of hydrogen-bond donors (Lipinski definition) is 2. The second-order valence-electron chi connectivity index (χ2n) is 8.16. The number of amides is 1. The van der Waals surface area contributed by atoms with Gasteiger partial charge in [-0.25, -0.2) is 23.3 Å². The quantitative estimate of drug-likeness (QED) is 0.525. The third-order valence-electron chi connectivity index (χ3n) is 5.41. The smallest absolute Gasteiger partial charge is 0.323 e. The Morgan fingerprint density at radius 1 is 1.32 bits per heavy atom. The van der Waals surface area contributed by atoms with Gasteiger partial charge in [0, 0.05) is 23.7 Å². The van der Waals surface area contributed by atoms with Crippen LogP contribution in [-0.2, 0) is 34.0 Å². The second-order valence-corrected chi connectivity index (χ2v) is 9.46. The van der Waals surface area contributed by atoms with E-state index in [1.54, 1.807) is 6.20 Å². The lowest BCUT2D eigenvalue weighted by Crippen LogP contribution is -2.45. The Balaban J connectivity index is 1.46. The molecule has 0 bridgehead atoms. The van der Waals surface area contributed by atoms with Crippen LogP contribution in [0.4, 0.5) is 23.2 Å². The van der Waals surface area contributed by atoms with Crippen molar-refractivity contribution in [2.45, 2.75) is 44.9 Å². The molecule has 1 fully saturated rings. The van der Waals surface area contributed by atoms with Crippen molar-refractivity contribution in [3.63, 3.8) is 0 Å². The molecule has 182 valence electrons.